The van der Waals surface area contributed by atoms with Gasteiger partial charge >= 0.3 is 5.97 Å². The fourth-order valence-corrected chi connectivity index (χ4v) is 6.16. The zero-order chi connectivity index (χ0) is 26.0. The van der Waals surface area contributed by atoms with Crippen molar-refractivity contribution in [3.8, 4) is 0 Å². The Bertz CT molecular complexity index is 1200. The lowest BCUT2D eigenvalue weighted by Gasteiger charge is -2.46. The summed E-state index contributed by atoms with van der Waals surface area (Å²) in [5, 5.41) is 16.4. The standard InChI is InChI=1S/C26H26Cl3N3O4/c1-2-16(21(25(35)36)32-22-20(29)23(33)26(22)10-4-3-5-11-26)14-6-8-15(9-7-14)31-24(34)19-17(27)12-30-13-18(19)28/h6-9,12-13,16,21,32H,2-5,10-11H2,1H3,(H,31,34)(H,35,36)/t16?,21-/m0/s1. The molecular weight excluding hydrogens is 525 g/mol. The summed E-state index contributed by atoms with van der Waals surface area (Å²) in [6, 6.07) is 5.96. The van der Waals surface area contributed by atoms with E-state index in [-0.39, 0.29) is 26.4 Å². The van der Waals surface area contributed by atoms with Crippen LogP contribution in [-0.2, 0) is 9.59 Å². The second kappa shape index (κ2) is 10.8. The van der Waals surface area contributed by atoms with Gasteiger partial charge in [0, 0.05) is 29.7 Å². The predicted molar refractivity (Wildman–Crippen MR) is 140 cm³/mol. The molecule has 36 heavy (non-hydrogen) atoms. The first-order valence-corrected chi connectivity index (χ1v) is 13.0. The van der Waals surface area contributed by atoms with Crippen LogP contribution < -0.4 is 10.6 Å². The Kier molecular flexibility index (Phi) is 7.93. The van der Waals surface area contributed by atoms with Gasteiger partial charge in [-0.1, -0.05) is 73.1 Å². The minimum atomic E-state index is -1.02. The molecule has 0 saturated heterocycles. The lowest BCUT2D eigenvalue weighted by Crippen LogP contribution is -2.54. The molecular formula is C26H26Cl3N3O4. The van der Waals surface area contributed by atoms with Crippen LogP contribution in [0.4, 0.5) is 5.69 Å². The Morgan fingerprint density at radius 3 is 2.22 bits per heavy atom. The number of pyridine rings is 1. The normalized spacial score (nSPS) is 18.4. The van der Waals surface area contributed by atoms with E-state index in [1.807, 2.05) is 6.92 Å². The van der Waals surface area contributed by atoms with E-state index in [0.29, 0.717) is 30.6 Å². The molecule has 2 aliphatic carbocycles. The van der Waals surface area contributed by atoms with Crippen LogP contribution in [0.3, 0.4) is 0 Å². The number of benzene rings is 1. The number of carboxylic acids is 1. The summed E-state index contributed by atoms with van der Waals surface area (Å²) in [5.41, 5.74) is 1.28. The summed E-state index contributed by atoms with van der Waals surface area (Å²) >= 11 is 18.4. The van der Waals surface area contributed by atoms with E-state index in [0.717, 1.165) is 24.8 Å². The Morgan fingerprint density at radius 2 is 1.67 bits per heavy atom. The highest BCUT2D eigenvalue weighted by Gasteiger charge is 2.54. The van der Waals surface area contributed by atoms with Crippen molar-refractivity contribution in [3.05, 3.63) is 68.6 Å². The van der Waals surface area contributed by atoms with Crippen LogP contribution in [0.2, 0.25) is 10.0 Å². The number of aliphatic carboxylic acids is 1. The van der Waals surface area contributed by atoms with E-state index in [2.05, 4.69) is 15.6 Å². The number of halogens is 3. The molecule has 1 aromatic carbocycles. The van der Waals surface area contributed by atoms with Gasteiger partial charge in [0.05, 0.1) is 21.0 Å². The number of carbonyl (C=O) groups is 3. The van der Waals surface area contributed by atoms with E-state index in [9.17, 15) is 19.5 Å². The second-order valence-corrected chi connectivity index (χ2v) is 10.4. The Balaban J connectivity index is 1.53. The van der Waals surface area contributed by atoms with Crippen LogP contribution in [0, 0.1) is 5.41 Å². The van der Waals surface area contributed by atoms with Gasteiger partial charge < -0.3 is 15.7 Å². The molecule has 2 atom stereocenters. The maximum Gasteiger partial charge on any atom is 0.326 e. The number of rotatable bonds is 8. The molecule has 1 aromatic heterocycles. The summed E-state index contributed by atoms with van der Waals surface area (Å²) < 4.78 is 0. The molecule has 2 aliphatic rings. The Labute approximate surface area is 224 Å². The van der Waals surface area contributed by atoms with Gasteiger partial charge in [0.25, 0.3) is 5.91 Å². The number of carboxylic acid groups (broad SMARTS) is 1. The quantitative estimate of drug-likeness (QED) is 0.363. The summed E-state index contributed by atoms with van der Waals surface area (Å²) in [4.78, 5) is 41.5. The molecule has 0 radical (unpaired) electrons. The van der Waals surface area contributed by atoms with Gasteiger partial charge in [0.15, 0.2) is 5.78 Å². The summed E-state index contributed by atoms with van der Waals surface area (Å²) in [7, 11) is 0. The van der Waals surface area contributed by atoms with E-state index < -0.39 is 29.3 Å². The van der Waals surface area contributed by atoms with Gasteiger partial charge in [-0.2, -0.15) is 0 Å². The number of hydrogen-bond acceptors (Lipinski definition) is 5. The topological polar surface area (TPSA) is 108 Å². The molecule has 3 N–H and O–H groups in total. The molecule has 1 fully saturated rings. The van der Waals surface area contributed by atoms with E-state index in [4.69, 9.17) is 34.8 Å². The number of carbonyl (C=O) groups excluding carboxylic acids is 2. The first-order chi connectivity index (χ1) is 17.2. The molecule has 1 heterocycles. The molecule has 0 aliphatic heterocycles. The average molecular weight is 551 g/mol. The number of amides is 1. The SMILES string of the molecule is CCC(c1ccc(NC(=O)c2c(Cl)cncc2Cl)cc1)[C@H](NC1=C(Cl)C(=O)C12CCCCC2)C(=O)O. The number of Topliss-reactive ketones (excluding diaryl/α,β-unsaturated/α-hetero) is 1. The van der Waals surface area contributed by atoms with Crippen molar-refractivity contribution in [2.45, 2.75) is 57.4 Å². The third kappa shape index (κ3) is 4.84. The number of nitrogens with one attached hydrogen (secondary N) is 2. The summed E-state index contributed by atoms with van der Waals surface area (Å²) in [6.45, 7) is 1.91. The minimum Gasteiger partial charge on any atom is -0.480 e. The van der Waals surface area contributed by atoms with Crippen LogP contribution >= 0.6 is 34.8 Å². The molecule has 10 heteroatoms. The number of nitrogens with zero attached hydrogens (tertiary/aromatic N) is 1. The molecule has 2 aromatic rings. The van der Waals surface area contributed by atoms with Gasteiger partial charge in [-0.15, -0.1) is 0 Å². The fourth-order valence-electron chi connectivity index (χ4n) is 5.21. The van der Waals surface area contributed by atoms with Crippen molar-refractivity contribution in [1.29, 1.82) is 0 Å². The van der Waals surface area contributed by atoms with Gasteiger partial charge in [0.2, 0.25) is 0 Å². The summed E-state index contributed by atoms with van der Waals surface area (Å²) in [6.07, 6.45) is 7.47. The Hall–Kier alpha value is -2.61. The zero-order valence-corrected chi connectivity index (χ0v) is 21.9. The van der Waals surface area contributed by atoms with Crippen LogP contribution in [0.5, 0.6) is 0 Å². The fraction of sp³-hybridized carbons (Fsp3) is 0.385. The predicted octanol–water partition coefficient (Wildman–Crippen LogP) is 6.16. The van der Waals surface area contributed by atoms with Gasteiger partial charge in [-0.3, -0.25) is 14.6 Å². The zero-order valence-electron chi connectivity index (χ0n) is 19.6. The monoisotopic (exact) mass is 549 g/mol. The lowest BCUT2D eigenvalue weighted by atomic mass is 9.62. The van der Waals surface area contributed by atoms with Crippen molar-refractivity contribution in [2.24, 2.45) is 5.41 Å². The van der Waals surface area contributed by atoms with E-state index >= 15 is 0 Å². The molecule has 1 unspecified atom stereocenters. The number of aromatic nitrogens is 1. The van der Waals surface area contributed by atoms with Crippen molar-refractivity contribution < 1.29 is 19.5 Å². The molecule has 4 rings (SSSR count). The smallest absolute Gasteiger partial charge is 0.326 e. The van der Waals surface area contributed by atoms with Crippen molar-refractivity contribution in [3.63, 3.8) is 0 Å². The highest BCUT2D eigenvalue weighted by atomic mass is 35.5. The maximum atomic E-state index is 12.7. The maximum absolute atomic E-state index is 12.7. The van der Waals surface area contributed by atoms with Gasteiger partial charge in [-0.25, -0.2) is 4.79 Å². The highest BCUT2D eigenvalue weighted by Crippen LogP contribution is 2.53. The first kappa shape index (κ1) is 26.5. The lowest BCUT2D eigenvalue weighted by molar-refractivity contribution is -0.140. The number of ketones is 1. The third-order valence-corrected chi connectivity index (χ3v) is 8.06. The van der Waals surface area contributed by atoms with Crippen LogP contribution in [-0.4, -0.2) is 33.8 Å². The molecule has 190 valence electrons. The van der Waals surface area contributed by atoms with Crippen molar-refractivity contribution in [1.82, 2.24) is 10.3 Å². The van der Waals surface area contributed by atoms with Crippen LogP contribution in [0.15, 0.2) is 47.4 Å². The largest absolute Gasteiger partial charge is 0.480 e. The van der Waals surface area contributed by atoms with Crippen molar-refractivity contribution in [2.75, 3.05) is 5.32 Å². The molecule has 1 amide bonds. The second-order valence-electron chi connectivity index (χ2n) is 9.19. The molecule has 1 spiro atoms. The Morgan fingerprint density at radius 1 is 1.06 bits per heavy atom. The molecule has 0 bridgehead atoms. The highest BCUT2D eigenvalue weighted by molar-refractivity contribution is 6.47. The molecule has 1 saturated carbocycles. The number of hydrogen-bond donors (Lipinski definition) is 3. The first-order valence-electron chi connectivity index (χ1n) is 11.8. The molecule has 7 nitrogen and oxygen atoms in total. The van der Waals surface area contributed by atoms with E-state index in [1.165, 1.54) is 12.4 Å². The summed E-state index contributed by atoms with van der Waals surface area (Å²) in [5.74, 6) is -1.99. The van der Waals surface area contributed by atoms with Gasteiger partial charge in [-0.05, 0) is 37.0 Å². The third-order valence-electron chi connectivity index (χ3n) is 7.12. The number of anilines is 1. The van der Waals surface area contributed by atoms with Crippen LogP contribution in [0.25, 0.3) is 0 Å². The van der Waals surface area contributed by atoms with Crippen LogP contribution in [0.1, 0.15) is 67.3 Å². The van der Waals surface area contributed by atoms with Crippen molar-refractivity contribution >= 4 is 58.1 Å². The van der Waals surface area contributed by atoms with E-state index in [1.54, 1.807) is 24.3 Å². The number of allylic oxidation sites excluding steroid dienone is 2. The minimum absolute atomic E-state index is 0.0851. The van der Waals surface area contributed by atoms with Gasteiger partial charge in [0.1, 0.15) is 11.1 Å². The average Bonchev–Trinajstić information content (AvgIpc) is 2.87.